The van der Waals surface area contributed by atoms with Crippen LogP contribution in [0.5, 0.6) is 0 Å². The van der Waals surface area contributed by atoms with Gasteiger partial charge in [0.15, 0.2) is 0 Å². The van der Waals surface area contributed by atoms with Gasteiger partial charge in [0, 0.05) is 23.1 Å². The first kappa shape index (κ1) is 14.1. The first-order chi connectivity index (χ1) is 10.2. The zero-order chi connectivity index (χ0) is 14.8. The number of aryl methyl sites for hydroxylation is 1. The van der Waals surface area contributed by atoms with E-state index in [9.17, 15) is 0 Å². The molecule has 21 heavy (non-hydrogen) atoms. The van der Waals surface area contributed by atoms with E-state index in [0.29, 0.717) is 0 Å². The van der Waals surface area contributed by atoms with Gasteiger partial charge in [0.25, 0.3) is 0 Å². The second-order valence-electron chi connectivity index (χ2n) is 5.23. The predicted molar refractivity (Wildman–Crippen MR) is 91.4 cm³/mol. The molecule has 0 saturated heterocycles. The summed E-state index contributed by atoms with van der Waals surface area (Å²) >= 11 is 3.52. The van der Waals surface area contributed by atoms with Crippen molar-refractivity contribution < 1.29 is 0 Å². The minimum Gasteiger partial charge on any atom is -0.399 e. The van der Waals surface area contributed by atoms with Crippen molar-refractivity contribution >= 4 is 32.7 Å². The molecule has 0 saturated carbocycles. The lowest BCUT2D eigenvalue weighted by Gasteiger charge is -2.08. The number of aromatic nitrogens is 2. The van der Waals surface area contributed by atoms with Crippen LogP contribution in [0.15, 0.2) is 46.9 Å². The molecule has 2 aromatic carbocycles. The van der Waals surface area contributed by atoms with Crippen LogP contribution in [0.25, 0.3) is 11.0 Å². The van der Waals surface area contributed by atoms with E-state index >= 15 is 0 Å². The van der Waals surface area contributed by atoms with Crippen molar-refractivity contribution in [3.63, 3.8) is 0 Å². The van der Waals surface area contributed by atoms with Crippen LogP contribution in [0.1, 0.15) is 24.7 Å². The SMILES string of the molecule is CCCn1c(Cc2cccc(N)c2)nc2cc(Br)ccc21. The lowest BCUT2D eigenvalue weighted by molar-refractivity contribution is 0.664. The Bertz CT molecular complexity index is 777. The Kier molecular flexibility index (Phi) is 3.97. The number of anilines is 1. The van der Waals surface area contributed by atoms with Crippen LogP contribution >= 0.6 is 15.9 Å². The molecule has 0 fully saturated rings. The molecular weight excluding hydrogens is 326 g/mol. The van der Waals surface area contributed by atoms with Gasteiger partial charge in [0.05, 0.1) is 11.0 Å². The van der Waals surface area contributed by atoms with Gasteiger partial charge in [-0.1, -0.05) is 35.0 Å². The molecule has 1 aromatic heterocycles. The molecule has 0 spiro atoms. The summed E-state index contributed by atoms with van der Waals surface area (Å²) in [6.07, 6.45) is 1.89. The minimum absolute atomic E-state index is 0.799. The third-order valence-electron chi connectivity index (χ3n) is 3.55. The third-order valence-corrected chi connectivity index (χ3v) is 4.04. The summed E-state index contributed by atoms with van der Waals surface area (Å²) in [6.45, 7) is 3.17. The molecule has 0 radical (unpaired) electrons. The highest BCUT2D eigenvalue weighted by Gasteiger charge is 2.11. The van der Waals surface area contributed by atoms with Gasteiger partial charge < -0.3 is 10.3 Å². The Hall–Kier alpha value is -1.81. The van der Waals surface area contributed by atoms with Crippen LogP contribution in [0.3, 0.4) is 0 Å². The summed E-state index contributed by atoms with van der Waals surface area (Å²) < 4.78 is 3.37. The zero-order valence-electron chi connectivity index (χ0n) is 12.0. The maximum Gasteiger partial charge on any atom is 0.114 e. The molecule has 3 nitrogen and oxygen atoms in total. The normalized spacial score (nSPS) is 11.1. The maximum atomic E-state index is 5.87. The largest absolute Gasteiger partial charge is 0.399 e. The van der Waals surface area contributed by atoms with Gasteiger partial charge in [0.1, 0.15) is 5.82 Å². The molecule has 0 aliphatic heterocycles. The average molecular weight is 344 g/mol. The topological polar surface area (TPSA) is 43.8 Å². The molecule has 1 heterocycles. The maximum absolute atomic E-state index is 5.87. The molecule has 3 rings (SSSR count). The molecular formula is C17H18BrN3. The number of imidazole rings is 1. The van der Waals surface area contributed by atoms with Gasteiger partial charge in [-0.3, -0.25) is 0 Å². The van der Waals surface area contributed by atoms with E-state index in [2.05, 4.69) is 51.7 Å². The Labute approximate surface area is 132 Å². The Morgan fingerprint density at radius 2 is 2.05 bits per heavy atom. The van der Waals surface area contributed by atoms with Gasteiger partial charge in [-0.2, -0.15) is 0 Å². The highest BCUT2D eigenvalue weighted by Crippen LogP contribution is 2.23. The van der Waals surface area contributed by atoms with E-state index < -0.39 is 0 Å². The third kappa shape index (κ3) is 2.95. The fourth-order valence-electron chi connectivity index (χ4n) is 2.65. The van der Waals surface area contributed by atoms with Crippen LogP contribution in [0, 0.1) is 0 Å². The molecule has 3 aromatic rings. The number of nitrogen functional groups attached to an aromatic ring is 1. The fourth-order valence-corrected chi connectivity index (χ4v) is 3.00. The van der Waals surface area contributed by atoms with E-state index in [4.69, 9.17) is 10.7 Å². The molecule has 0 bridgehead atoms. The number of fused-ring (bicyclic) bond motifs is 1. The molecule has 0 aliphatic rings. The first-order valence-electron chi connectivity index (χ1n) is 7.16. The van der Waals surface area contributed by atoms with Gasteiger partial charge in [0.2, 0.25) is 0 Å². The summed E-state index contributed by atoms with van der Waals surface area (Å²) in [7, 11) is 0. The Balaban J connectivity index is 2.06. The van der Waals surface area contributed by atoms with Crippen molar-refractivity contribution in [1.82, 2.24) is 9.55 Å². The number of nitrogens with two attached hydrogens (primary N) is 1. The zero-order valence-corrected chi connectivity index (χ0v) is 13.6. The summed E-state index contributed by atoms with van der Waals surface area (Å²) in [5.74, 6) is 1.09. The molecule has 0 atom stereocenters. The monoisotopic (exact) mass is 343 g/mol. The summed E-state index contributed by atoms with van der Waals surface area (Å²) in [5, 5.41) is 0. The van der Waals surface area contributed by atoms with Crippen molar-refractivity contribution in [1.29, 1.82) is 0 Å². The molecule has 0 aliphatic carbocycles. The Morgan fingerprint density at radius 3 is 2.81 bits per heavy atom. The van der Waals surface area contributed by atoms with E-state index in [0.717, 1.165) is 40.9 Å². The molecule has 4 heteroatoms. The summed E-state index contributed by atoms with van der Waals surface area (Å²) in [5.41, 5.74) is 10.1. The quantitative estimate of drug-likeness (QED) is 0.714. The molecule has 0 amide bonds. The van der Waals surface area contributed by atoms with Crippen LogP contribution in [-0.4, -0.2) is 9.55 Å². The number of halogens is 1. The lowest BCUT2D eigenvalue weighted by Crippen LogP contribution is -2.04. The van der Waals surface area contributed by atoms with E-state index in [1.165, 1.54) is 11.1 Å². The first-order valence-corrected chi connectivity index (χ1v) is 7.95. The smallest absolute Gasteiger partial charge is 0.114 e. The van der Waals surface area contributed by atoms with Crippen LogP contribution in [-0.2, 0) is 13.0 Å². The highest BCUT2D eigenvalue weighted by atomic mass is 79.9. The van der Waals surface area contributed by atoms with Crippen LogP contribution < -0.4 is 5.73 Å². The second-order valence-corrected chi connectivity index (χ2v) is 6.15. The fraction of sp³-hybridized carbons (Fsp3) is 0.235. The molecule has 0 unspecified atom stereocenters. The van der Waals surface area contributed by atoms with E-state index in [1.54, 1.807) is 0 Å². The minimum atomic E-state index is 0.799. The molecule has 108 valence electrons. The lowest BCUT2D eigenvalue weighted by atomic mass is 10.1. The van der Waals surface area contributed by atoms with E-state index in [1.807, 2.05) is 18.2 Å². The second kappa shape index (κ2) is 5.90. The number of benzene rings is 2. The van der Waals surface area contributed by atoms with Crippen LogP contribution in [0.4, 0.5) is 5.69 Å². The standard InChI is InChI=1S/C17H18BrN3/c1-2-8-21-16-7-6-13(18)11-15(16)20-17(21)10-12-4-3-5-14(19)9-12/h3-7,9,11H,2,8,10,19H2,1H3. The van der Waals surface area contributed by atoms with Crippen molar-refractivity contribution in [3.8, 4) is 0 Å². The molecule has 2 N–H and O–H groups in total. The summed E-state index contributed by atoms with van der Waals surface area (Å²) in [6, 6.07) is 14.3. The van der Waals surface area contributed by atoms with Gasteiger partial charge in [-0.05, 0) is 42.3 Å². The van der Waals surface area contributed by atoms with E-state index in [-0.39, 0.29) is 0 Å². The van der Waals surface area contributed by atoms with Crippen molar-refractivity contribution in [3.05, 3.63) is 58.3 Å². The Morgan fingerprint density at radius 1 is 1.19 bits per heavy atom. The van der Waals surface area contributed by atoms with Crippen LogP contribution in [0.2, 0.25) is 0 Å². The van der Waals surface area contributed by atoms with Gasteiger partial charge in [-0.25, -0.2) is 4.98 Å². The van der Waals surface area contributed by atoms with Gasteiger partial charge >= 0.3 is 0 Å². The van der Waals surface area contributed by atoms with Gasteiger partial charge in [-0.15, -0.1) is 0 Å². The van der Waals surface area contributed by atoms with Crippen molar-refractivity contribution in [2.24, 2.45) is 0 Å². The van der Waals surface area contributed by atoms with Crippen molar-refractivity contribution in [2.45, 2.75) is 26.3 Å². The average Bonchev–Trinajstić information content (AvgIpc) is 2.76. The number of nitrogens with zero attached hydrogens (tertiary/aromatic N) is 2. The summed E-state index contributed by atoms with van der Waals surface area (Å²) in [4.78, 5) is 4.81. The highest BCUT2D eigenvalue weighted by molar-refractivity contribution is 9.10. The number of hydrogen-bond donors (Lipinski definition) is 1. The predicted octanol–water partition coefficient (Wildman–Crippen LogP) is 4.38. The van der Waals surface area contributed by atoms with Crippen molar-refractivity contribution in [2.75, 3.05) is 5.73 Å². The number of rotatable bonds is 4. The number of hydrogen-bond acceptors (Lipinski definition) is 2.